The van der Waals surface area contributed by atoms with E-state index in [1.54, 1.807) is 18.2 Å². The molecule has 0 unspecified atom stereocenters. The normalized spacial score (nSPS) is 13.6. The van der Waals surface area contributed by atoms with Crippen LogP contribution in [0.1, 0.15) is 21.5 Å². The van der Waals surface area contributed by atoms with Crippen LogP contribution in [0.25, 0.3) is 11.1 Å². The Kier molecular flexibility index (Phi) is 2.91. The van der Waals surface area contributed by atoms with Gasteiger partial charge < -0.3 is 10.8 Å². The molecule has 104 valence electrons. The van der Waals surface area contributed by atoms with Crippen molar-refractivity contribution in [1.82, 2.24) is 5.43 Å². The van der Waals surface area contributed by atoms with Gasteiger partial charge >= 0.3 is 12.0 Å². The van der Waals surface area contributed by atoms with Crippen molar-refractivity contribution in [1.29, 1.82) is 0 Å². The van der Waals surface area contributed by atoms with Gasteiger partial charge in [0.15, 0.2) is 0 Å². The average molecular weight is 281 g/mol. The van der Waals surface area contributed by atoms with Crippen molar-refractivity contribution in [3.63, 3.8) is 0 Å². The first-order valence-corrected chi connectivity index (χ1v) is 6.18. The monoisotopic (exact) mass is 281 g/mol. The summed E-state index contributed by atoms with van der Waals surface area (Å²) in [4.78, 5) is 22.0. The van der Waals surface area contributed by atoms with E-state index in [0.29, 0.717) is 11.3 Å². The molecule has 0 fully saturated rings. The summed E-state index contributed by atoms with van der Waals surface area (Å²) in [7, 11) is 0. The van der Waals surface area contributed by atoms with Crippen molar-refractivity contribution < 1.29 is 14.7 Å². The van der Waals surface area contributed by atoms with Crippen molar-refractivity contribution in [2.75, 3.05) is 0 Å². The van der Waals surface area contributed by atoms with E-state index in [4.69, 9.17) is 10.8 Å². The van der Waals surface area contributed by atoms with E-state index in [9.17, 15) is 9.59 Å². The molecule has 1 aliphatic rings. The van der Waals surface area contributed by atoms with Gasteiger partial charge in [0.1, 0.15) is 0 Å². The largest absolute Gasteiger partial charge is 0.478 e. The van der Waals surface area contributed by atoms with Gasteiger partial charge in [0.05, 0.1) is 11.3 Å². The molecule has 0 aliphatic heterocycles. The lowest BCUT2D eigenvalue weighted by atomic mass is 10.0. The van der Waals surface area contributed by atoms with Crippen molar-refractivity contribution >= 4 is 17.7 Å². The molecular formula is C15H11N3O3. The highest BCUT2D eigenvalue weighted by atomic mass is 16.4. The van der Waals surface area contributed by atoms with Crippen molar-refractivity contribution in [2.24, 2.45) is 10.8 Å². The Balaban J connectivity index is 2.22. The van der Waals surface area contributed by atoms with E-state index in [-0.39, 0.29) is 5.56 Å². The number of aromatic carboxylic acids is 1. The van der Waals surface area contributed by atoms with E-state index in [1.165, 1.54) is 0 Å². The lowest BCUT2D eigenvalue weighted by molar-refractivity contribution is 0.0697. The SMILES string of the molecule is NC(=O)N/N=C1/c2ccccc2-c2ccc(C(=O)O)cc21. The number of nitrogens with zero attached hydrogens (tertiary/aromatic N) is 1. The number of hydrazone groups is 1. The Labute approximate surface area is 119 Å². The molecule has 0 atom stereocenters. The molecule has 0 spiro atoms. The van der Waals surface area contributed by atoms with Crippen LogP contribution in [0.2, 0.25) is 0 Å². The fourth-order valence-corrected chi connectivity index (χ4v) is 2.41. The summed E-state index contributed by atoms with van der Waals surface area (Å²) in [5.41, 5.74) is 11.2. The molecule has 6 heteroatoms. The fraction of sp³-hybridized carbons (Fsp3) is 0. The summed E-state index contributed by atoms with van der Waals surface area (Å²) < 4.78 is 0. The van der Waals surface area contributed by atoms with E-state index < -0.39 is 12.0 Å². The van der Waals surface area contributed by atoms with Crippen molar-refractivity contribution in [3.8, 4) is 11.1 Å². The number of rotatable bonds is 2. The summed E-state index contributed by atoms with van der Waals surface area (Å²) in [5.74, 6) is -1.02. The van der Waals surface area contributed by atoms with E-state index in [0.717, 1.165) is 16.7 Å². The van der Waals surface area contributed by atoms with Gasteiger partial charge in [0.2, 0.25) is 0 Å². The van der Waals surface area contributed by atoms with Gasteiger partial charge in [-0.15, -0.1) is 0 Å². The van der Waals surface area contributed by atoms with Crippen LogP contribution in [0.3, 0.4) is 0 Å². The highest BCUT2D eigenvalue weighted by Crippen LogP contribution is 2.37. The first-order chi connectivity index (χ1) is 10.1. The summed E-state index contributed by atoms with van der Waals surface area (Å²) in [6.45, 7) is 0. The maximum absolute atomic E-state index is 11.1. The maximum atomic E-state index is 11.1. The number of nitrogens with two attached hydrogens (primary N) is 1. The standard InChI is InChI=1S/C15H11N3O3/c16-15(21)18-17-13-11-4-2-1-3-9(11)10-6-5-8(14(19)20)7-12(10)13/h1-7H,(H,19,20)(H3,16,18,21)/b17-13-. The Morgan fingerprint density at radius 3 is 2.33 bits per heavy atom. The summed E-state index contributed by atoms with van der Waals surface area (Å²) >= 11 is 0. The molecule has 6 nitrogen and oxygen atoms in total. The number of carbonyl (C=O) groups excluding carboxylic acids is 1. The van der Waals surface area contributed by atoms with Crippen LogP contribution in [0, 0.1) is 0 Å². The zero-order valence-corrected chi connectivity index (χ0v) is 10.8. The van der Waals surface area contributed by atoms with Crippen molar-refractivity contribution in [3.05, 3.63) is 59.2 Å². The van der Waals surface area contributed by atoms with Crippen LogP contribution in [-0.4, -0.2) is 22.8 Å². The first kappa shape index (κ1) is 12.9. The van der Waals surface area contributed by atoms with Gasteiger partial charge in [-0.05, 0) is 23.3 Å². The minimum absolute atomic E-state index is 0.160. The van der Waals surface area contributed by atoms with Gasteiger partial charge in [-0.3, -0.25) is 0 Å². The number of hydrogen-bond donors (Lipinski definition) is 3. The molecule has 0 saturated heterocycles. The van der Waals surface area contributed by atoms with Gasteiger partial charge in [0, 0.05) is 11.1 Å². The molecule has 2 amide bonds. The zero-order valence-electron chi connectivity index (χ0n) is 10.8. The van der Waals surface area contributed by atoms with Crippen LogP contribution >= 0.6 is 0 Å². The molecule has 0 aromatic heterocycles. The third-order valence-electron chi connectivity index (χ3n) is 3.27. The number of urea groups is 1. The Bertz CT molecular complexity index is 797. The number of carbonyl (C=O) groups is 2. The molecule has 21 heavy (non-hydrogen) atoms. The van der Waals surface area contributed by atoms with Gasteiger partial charge in [-0.25, -0.2) is 15.0 Å². The van der Waals surface area contributed by atoms with Crippen LogP contribution in [0.5, 0.6) is 0 Å². The third-order valence-corrected chi connectivity index (χ3v) is 3.27. The average Bonchev–Trinajstić information content (AvgIpc) is 2.78. The molecule has 4 N–H and O–H groups in total. The highest BCUT2D eigenvalue weighted by molar-refractivity contribution is 6.25. The predicted molar refractivity (Wildman–Crippen MR) is 77.2 cm³/mol. The Morgan fingerprint density at radius 1 is 1.00 bits per heavy atom. The quantitative estimate of drug-likeness (QED) is 0.623. The number of amides is 2. The molecule has 0 radical (unpaired) electrons. The van der Waals surface area contributed by atoms with Gasteiger partial charge in [-0.1, -0.05) is 30.3 Å². The molecule has 1 aliphatic carbocycles. The van der Waals surface area contributed by atoms with Gasteiger partial charge in [-0.2, -0.15) is 5.10 Å². The minimum Gasteiger partial charge on any atom is -0.478 e. The highest BCUT2D eigenvalue weighted by Gasteiger charge is 2.25. The van der Waals surface area contributed by atoms with Gasteiger partial charge in [0.25, 0.3) is 0 Å². The zero-order chi connectivity index (χ0) is 15.0. The number of primary amides is 1. The second kappa shape index (κ2) is 4.75. The Hall–Kier alpha value is -3.15. The number of carboxylic acid groups (broad SMARTS) is 1. The summed E-state index contributed by atoms with van der Waals surface area (Å²) in [6, 6.07) is 11.6. The number of benzene rings is 2. The molecule has 0 saturated carbocycles. The second-order valence-electron chi connectivity index (χ2n) is 4.55. The Morgan fingerprint density at radius 2 is 1.67 bits per heavy atom. The number of carboxylic acids is 1. The lowest BCUT2D eigenvalue weighted by Gasteiger charge is -2.03. The molecule has 0 bridgehead atoms. The van der Waals surface area contributed by atoms with E-state index in [1.807, 2.05) is 24.3 Å². The number of fused-ring (bicyclic) bond motifs is 3. The molecule has 3 rings (SSSR count). The topological polar surface area (TPSA) is 105 Å². The third kappa shape index (κ3) is 2.12. The van der Waals surface area contributed by atoms with E-state index in [2.05, 4.69) is 10.5 Å². The smallest absolute Gasteiger partial charge is 0.335 e. The van der Waals surface area contributed by atoms with Crippen molar-refractivity contribution in [2.45, 2.75) is 0 Å². The van der Waals surface area contributed by atoms with Crippen LogP contribution in [0.15, 0.2) is 47.6 Å². The minimum atomic E-state index is -1.02. The van der Waals surface area contributed by atoms with Crippen LogP contribution in [0.4, 0.5) is 4.79 Å². The van der Waals surface area contributed by atoms with Crippen LogP contribution < -0.4 is 11.2 Å². The molecular weight excluding hydrogens is 270 g/mol. The maximum Gasteiger partial charge on any atom is 0.335 e. The summed E-state index contributed by atoms with van der Waals surface area (Å²) in [6.07, 6.45) is 0. The fourth-order valence-electron chi connectivity index (χ4n) is 2.41. The number of hydrogen-bond acceptors (Lipinski definition) is 3. The van der Waals surface area contributed by atoms with E-state index >= 15 is 0 Å². The molecule has 2 aromatic carbocycles. The lowest BCUT2D eigenvalue weighted by Crippen LogP contribution is -2.25. The second-order valence-corrected chi connectivity index (χ2v) is 4.55. The number of nitrogens with one attached hydrogen (secondary N) is 1. The molecule has 2 aromatic rings. The predicted octanol–water partition coefficient (Wildman–Crippen LogP) is 1.79. The van der Waals surface area contributed by atoms with Crippen LogP contribution in [-0.2, 0) is 0 Å². The summed E-state index contributed by atoms with van der Waals surface area (Å²) in [5, 5.41) is 13.1. The first-order valence-electron chi connectivity index (χ1n) is 6.18. The molecule has 0 heterocycles.